The zero-order valence-corrected chi connectivity index (χ0v) is 18.3. The molecule has 12 nitrogen and oxygen atoms in total. The van der Waals surface area contributed by atoms with Gasteiger partial charge in [0.2, 0.25) is 0 Å². The van der Waals surface area contributed by atoms with E-state index in [0.29, 0.717) is 0 Å². The van der Waals surface area contributed by atoms with E-state index < -0.39 is 68.5 Å². The van der Waals surface area contributed by atoms with Gasteiger partial charge in [-0.25, -0.2) is 24.0 Å². The Hall–Kier alpha value is -4.03. The van der Waals surface area contributed by atoms with Gasteiger partial charge in [0.1, 0.15) is 38.6 Å². The molecule has 12 heteroatoms. The summed E-state index contributed by atoms with van der Waals surface area (Å²) in [5.74, 6) is -4.43. The maximum atomic E-state index is 12.4. The highest BCUT2D eigenvalue weighted by atomic mass is 16.6. The average Bonchev–Trinajstić information content (AvgIpc) is 2.86. The highest BCUT2D eigenvalue weighted by Crippen LogP contribution is 2.15. The van der Waals surface area contributed by atoms with Gasteiger partial charge in [-0.05, 0) is 18.2 Å². The van der Waals surface area contributed by atoms with Crippen LogP contribution in [0, 0.1) is 0 Å². The molecule has 34 heavy (non-hydrogen) atoms. The van der Waals surface area contributed by atoms with Gasteiger partial charge < -0.3 is 33.9 Å². The molecule has 0 aliphatic heterocycles. The maximum absolute atomic E-state index is 12.4. The minimum absolute atomic E-state index is 0.176. The van der Waals surface area contributed by atoms with E-state index in [0.717, 1.165) is 37.5 Å². The molecule has 0 heterocycles. The topological polar surface area (TPSA) is 172 Å². The van der Waals surface area contributed by atoms with Gasteiger partial charge in [-0.3, -0.25) is 0 Å². The van der Waals surface area contributed by atoms with Gasteiger partial charge in [0.15, 0.2) is 0 Å². The van der Waals surface area contributed by atoms with Gasteiger partial charge in [-0.1, -0.05) is 13.2 Å². The van der Waals surface area contributed by atoms with Crippen LogP contribution >= 0.6 is 0 Å². The Morgan fingerprint density at radius 3 is 1.35 bits per heavy atom. The average molecular weight is 480 g/mol. The van der Waals surface area contributed by atoms with E-state index in [1.54, 1.807) is 0 Å². The summed E-state index contributed by atoms with van der Waals surface area (Å²) in [6, 6.07) is 3.25. The fourth-order valence-electron chi connectivity index (χ4n) is 2.18. The smallest absolute Gasteiger partial charge is 0.338 e. The summed E-state index contributed by atoms with van der Waals surface area (Å²) in [6.45, 7) is 4.36. The summed E-state index contributed by atoms with van der Waals surface area (Å²) in [5.41, 5.74) is -0.666. The van der Waals surface area contributed by atoms with E-state index in [1.165, 1.54) is 0 Å². The number of carbonyl (C=O) groups excluding carboxylic acids is 5. The lowest BCUT2D eigenvalue weighted by atomic mass is 10.1. The van der Waals surface area contributed by atoms with Gasteiger partial charge in [0, 0.05) is 12.2 Å². The third kappa shape index (κ3) is 9.63. The Morgan fingerprint density at radius 1 is 0.706 bits per heavy atom. The van der Waals surface area contributed by atoms with Gasteiger partial charge in [0.25, 0.3) is 0 Å². The van der Waals surface area contributed by atoms with Crippen LogP contribution in [0.5, 0.6) is 0 Å². The minimum atomic E-state index is -1.34. The van der Waals surface area contributed by atoms with Crippen molar-refractivity contribution in [1.82, 2.24) is 0 Å². The van der Waals surface area contributed by atoms with Crippen LogP contribution in [-0.2, 0) is 33.3 Å². The highest BCUT2D eigenvalue weighted by Gasteiger charge is 2.20. The van der Waals surface area contributed by atoms with Crippen molar-refractivity contribution in [2.75, 3.05) is 33.5 Å². The molecular formula is C22H24O12. The number of hydrogen-bond acceptors (Lipinski definition) is 12. The molecule has 0 amide bonds. The summed E-state index contributed by atoms with van der Waals surface area (Å²) in [5, 5.41) is 19.5. The summed E-state index contributed by atoms with van der Waals surface area (Å²) in [4.78, 5) is 58.7. The van der Waals surface area contributed by atoms with Crippen molar-refractivity contribution >= 4 is 29.8 Å². The summed E-state index contributed by atoms with van der Waals surface area (Å²) < 4.78 is 23.7. The predicted molar refractivity (Wildman–Crippen MR) is 113 cm³/mol. The molecule has 0 aliphatic carbocycles. The predicted octanol–water partition coefficient (Wildman–Crippen LogP) is -0.0330. The zero-order valence-electron chi connectivity index (χ0n) is 18.3. The first-order chi connectivity index (χ1) is 16.1. The third-order valence-electron chi connectivity index (χ3n) is 3.81. The zero-order chi connectivity index (χ0) is 25.7. The van der Waals surface area contributed by atoms with Crippen molar-refractivity contribution in [3.8, 4) is 0 Å². The first kappa shape index (κ1) is 28.0. The van der Waals surface area contributed by atoms with Crippen LogP contribution < -0.4 is 0 Å². The lowest BCUT2D eigenvalue weighted by Gasteiger charge is -2.13. The normalized spacial score (nSPS) is 11.9. The van der Waals surface area contributed by atoms with Crippen molar-refractivity contribution in [3.05, 3.63) is 60.2 Å². The fraction of sp³-hybridized carbons (Fsp3) is 0.318. The maximum Gasteiger partial charge on any atom is 0.338 e. The fourth-order valence-corrected chi connectivity index (χ4v) is 2.18. The van der Waals surface area contributed by atoms with Crippen LogP contribution in [0.2, 0.25) is 0 Å². The Bertz CT molecular complexity index is 872. The van der Waals surface area contributed by atoms with Crippen molar-refractivity contribution < 1.29 is 57.9 Å². The van der Waals surface area contributed by atoms with E-state index in [1.807, 2.05) is 0 Å². The second-order valence-electron chi connectivity index (χ2n) is 6.46. The number of methoxy groups -OCH3 is 1. The Balaban J connectivity index is 2.87. The van der Waals surface area contributed by atoms with Crippen LogP contribution in [0.15, 0.2) is 43.5 Å². The number of esters is 5. The molecule has 2 N–H and O–H groups in total. The monoisotopic (exact) mass is 480 g/mol. The van der Waals surface area contributed by atoms with Crippen LogP contribution in [0.3, 0.4) is 0 Å². The standard InChI is InChI=1S/C22H24O12/c1-4-18(25)31-9-16(23)11-33-21(28)14-6-13(20(27)30-3)7-15(8-14)22(29)34-12-17(24)10-32-19(26)5-2/h4-8,16-17,23-24H,1-2,9-12H2,3H3. The van der Waals surface area contributed by atoms with Crippen LogP contribution in [0.1, 0.15) is 31.1 Å². The van der Waals surface area contributed by atoms with Gasteiger partial charge >= 0.3 is 29.8 Å². The van der Waals surface area contributed by atoms with Crippen LogP contribution in [-0.4, -0.2) is 85.8 Å². The first-order valence-corrected chi connectivity index (χ1v) is 9.63. The van der Waals surface area contributed by atoms with E-state index in [4.69, 9.17) is 9.47 Å². The number of benzene rings is 1. The Morgan fingerprint density at radius 2 is 1.03 bits per heavy atom. The van der Waals surface area contributed by atoms with Crippen LogP contribution in [0.25, 0.3) is 0 Å². The lowest BCUT2D eigenvalue weighted by Crippen LogP contribution is -2.26. The molecular weight excluding hydrogens is 456 g/mol. The molecule has 0 saturated carbocycles. The number of aliphatic hydroxyl groups excluding tert-OH is 2. The Labute approximate surface area is 194 Å². The van der Waals surface area contributed by atoms with E-state index in [9.17, 15) is 34.2 Å². The van der Waals surface area contributed by atoms with Crippen molar-refractivity contribution in [1.29, 1.82) is 0 Å². The minimum Gasteiger partial charge on any atom is -0.465 e. The Kier molecular flexibility index (Phi) is 11.7. The van der Waals surface area contributed by atoms with Crippen molar-refractivity contribution in [3.63, 3.8) is 0 Å². The van der Waals surface area contributed by atoms with Gasteiger partial charge in [-0.2, -0.15) is 0 Å². The molecule has 0 fully saturated rings. The number of ether oxygens (including phenoxy) is 5. The number of carbonyl (C=O) groups is 5. The summed E-state index contributed by atoms with van der Waals surface area (Å²) in [6.07, 6.45) is -0.884. The molecule has 0 bridgehead atoms. The summed E-state index contributed by atoms with van der Waals surface area (Å²) in [7, 11) is 1.09. The molecule has 184 valence electrons. The molecule has 2 atom stereocenters. The molecule has 0 aliphatic rings. The van der Waals surface area contributed by atoms with E-state index in [-0.39, 0.29) is 16.7 Å². The molecule has 1 aromatic carbocycles. The van der Waals surface area contributed by atoms with Crippen molar-refractivity contribution in [2.45, 2.75) is 12.2 Å². The second kappa shape index (κ2) is 14.2. The molecule has 1 rings (SSSR count). The van der Waals surface area contributed by atoms with E-state index >= 15 is 0 Å². The SMILES string of the molecule is C=CC(=O)OCC(O)COC(=O)c1cc(C(=O)OC)cc(C(=O)OCC(O)COC(=O)C=C)c1. The third-order valence-corrected chi connectivity index (χ3v) is 3.81. The molecule has 0 saturated heterocycles. The summed E-state index contributed by atoms with van der Waals surface area (Å²) >= 11 is 0. The molecule has 0 spiro atoms. The number of rotatable bonds is 13. The number of hydrogen-bond donors (Lipinski definition) is 2. The van der Waals surface area contributed by atoms with Crippen LogP contribution in [0.4, 0.5) is 0 Å². The molecule has 0 radical (unpaired) electrons. The number of aliphatic hydroxyl groups is 2. The van der Waals surface area contributed by atoms with Gasteiger partial charge in [0.05, 0.1) is 23.8 Å². The first-order valence-electron chi connectivity index (χ1n) is 9.63. The molecule has 2 unspecified atom stereocenters. The lowest BCUT2D eigenvalue weighted by molar-refractivity contribution is -0.142. The highest BCUT2D eigenvalue weighted by molar-refractivity contribution is 6.00. The second-order valence-corrected chi connectivity index (χ2v) is 6.46. The quantitative estimate of drug-likeness (QED) is 0.220. The largest absolute Gasteiger partial charge is 0.465 e. The van der Waals surface area contributed by atoms with Gasteiger partial charge in [-0.15, -0.1) is 0 Å². The van der Waals surface area contributed by atoms with Crippen molar-refractivity contribution in [2.24, 2.45) is 0 Å². The van der Waals surface area contributed by atoms with E-state index in [2.05, 4.69) is 27.4 Å². The molecule has 0 aromatic heterocycles. The molecule has 1 aromatic rings.